The van der Waals surface area contributed by atoms with Crippen LogP contribution >= 0.6 is 11.8 Å². The number of nitrogens with zero attached hydrogens (tertiary/aromatic N) is 1. The quantitative estimate of drug-likeness (QED) is 0.164. The summed E-state index contributed by atoms with van der Waals surface area (Å²) in [5, 5.41) is 0. The maximum atomic E-state index is 7.12. The van der Waals surface area contributed by atoms with Gasteiger partial charge in [0.05, 0.1) is 5.69 Å². The standard InChI is InChI=1S/C69H52BNO3S/c1-67(2)47-26-13-16-29-57(47)72-60-33-32-43(34-50(60)67)44-35-56-65-64(36-44)75-63-40-62-52(69(5,6)49-28-15-18-31-59(49)74-62)38-54(63)70(65)53-37-51-61(73-58-30-17-14-27-48(58)68(51,3)4)39-55(53)71(56)66-45(41-20-9-7-10-21-41)24-19-25-46(66)42-22-11-8-12-23-42/h7-40H,1-6H3. The molecule has 0 amide bonds. The van der Waals surface area contributed by atoms with Crippen LogP contribution in [0.4, 0.5) is 17.1 Å². The van der Waals surface area contributed by atoms with Gasteiger partial charge in [-0.15, -0.1) is 0 Å². The Labute approximate surface area is 443 Å². The minimum absolute atomic E-state index is 0.125. The van der Waals surface area contributed by atoms with E-state index in [0.717, 1.165) is 84.9 Å². The third-order valence-electron chi connectivity index (χ3n) is 17.1. The third kappa shape index (κ3) is 6.45. The van der Waals surface area contributed by atoms with E-state index in [2.05, 4.69) is 253 Å². The Morgan fingerprint density at radius 3 is 1.40 bits per heavy atom. The van der Waals surface area contributed by atoms with Crippen molar-refractivity contribution in [2.75, 3.05) is 4.90 Å². The highest BCUT2D eigenvalue weighted by atomic mass is 32.2. The van der Waals surface area contributed by atoms with E-state index < -0.39 is 0 Å². The number of para-hydroxylation sites is 4. The summed E-state index contributed by atoms with van der Waals surface area (Å²) >= 11 is 1.87. The van der Waals surface area contributed by atoms with E-state index in [9.17, 15) is 0 Å². The highest BCUT2D eigenvalue weighted by Crippen LogP contribution is 2.56. The van der Waals surface area contributed by atoms with Gasteiger partial charge in [-0.05, 0) is 81.7 Å². The lowest BCUT2D eigenvalue weighted by atomic mass is 9.34. The predicted molar refractivity (Wildman–Crippen MR) is 309 cm³/mol. The van der Waals surface area contributed by atoms with Crippen LogP contribution in [0.3, 0.4) is 0 Å². The molecule has 5 aliphatic rings. The average Bonchev–Trinajstić information content (AvgIpc) is 3.52. The molecule has 15 rings (SSSR count). The zero-order valence-corrected chi connectivity index (χ0v) is 43.6. The molecule has 5 aliphatic heterocycles. The molecule has 10 aromatic rings. The van der Waals surface area contributed by atoms with Crippen LogP contribution in [0.25, 0.3) is 33.4 Å². The van der Waals surface area contributed by atoms with Crippen molar-refractivity contribution in [3.05, 3.63) is 240 Å². The summed E-state index contributed by atoms with van der Waals surface area (Å²) in [7, 11) is 0. The second kappa shape index (κ2) is 15.9. The molecule has 360 valence electrons. The van der Waals surface area contributed by atoms with Crippen LogP contribution in [-0.2, 0) is 16.2 Å². The maximum Gasteiger partial charge on any atom is 0.249 e. The van der Waals surface area contributed by atoms with Gasteiger partial charge in [0.15, 0.2) is 0 Å². The van der Waals surface area contributed by atoms with Gasteiger partial charge in [0.1, 0.15) is 34.5 Å². The Balaban J connectivity index is 1.05. The number of anilines is 3. The van der Waals surface area contributed by atoms with E-state index in [1.807, 2.05) is 11.8 Å². The fourth-order valence-electron chi connectivity index (χ4n) is 13.1. The Morgan fingerprint density at radius 1 is 0.347 bits per heavy atom. The molecule has 0 aliphatic carbocycles. The van der Waals surface area contributed by atoms with E-state index in [0.29, 0.717) is 0 Å². The van der Waals surface area contributed by atoms with Crippen molar-refractivity contribution in [1.29, 1.82) is 0 Å². The number of fused-ring (bicyclic) bond motifs is 10. The lowest BCUT2D eigenvalue weighted by Gasteiger charge is -2.44. The molecule has 0 saturated carbocycles. The van der Waals surface area contributed by atoms with Crippen molar-refractivity contribution in [3.63, 3.8) is 0 Å². The van der Waals surface area contributed by atoms with Crippen molar-refractivity contribution < 1.29 is 14.2 Å². The first-order valence-electron chi connectivity index (χ1n) is 26.2. The summed E-state index contributed by atoms with van der Waals surface area (Å²) in [6, 6.07) is 75.6. The molecule has 4 nitrogen and oxygen atoms in total. The zero-order valence-electron chi connectivity index (χ0n) is 42.8. The van der Waals surface area contributed by atoms with Crippen LogP contribution in [-0.4, -0.2) is 6.71 Å². The van der Waals surface area contributed by atoms with Gasteiger partial charge in [-0.25, -0.2) is 0 Å². The molecular formula is C69H52BNO3S. The molecule has 0 unspecified atom stereocenters. The molecule has 0 N–H and O–H groups in total. The van der Waals surface area contributed by atoms with Crippen LogP contribution in [0, 0.1) is 0 Å². The lowest BCUT2D eigenvalue weighted by Crippen LogP contribution is -2.60. The molecular weight excluding hydrogens is 934 g/mol. The van der Waals surface area contributed by atoms with Crippen LogP contribution in [0.2, 0.25) is 0 Å². The number of ether oxygens (including phenoxy) is 3. The Kier molecular flexibility index (Phi) is 9.40. The second-order valence-corrected chi connectivity index (χ2v) is 23.5. The Morgan fingerprint density at radius 2 is 0.827 bits per heavy atom. The van der Waals surface area contributed by atoms with Crippen LogP contribution in [0.5, 0.6) is 34.5 Å². The summed E-state index contributed by atoms with van der Waals surface area (Å²) in [4.78, 5) is 5.03. The molecule has 75 heavy (non-hydrogen) atoms. The van der Waals surface area contributed by atoms with Gasteiger partial charge in [0.2, 0.25) is 6.71 Å². The molecule has 0 radical (unpaired) electrons. The normalized spacial score (nSPS) is 15.9. The summed E-state index contributed by atoms with van der Waals surface area (Å²) in [6.07, 6.45) is 0. The van der Waals surface area contributed by atoms with Crippen molar-refractivity contribution in [1.82, 2.24) is 0 Å². The summed E-state index contributed by atoms with van der Waals surface area (Å²) < 4.78 is 20.7. The third-order valence-corrected chi connectivity index (χ3v) is 18.2. The molecule has 0 aromatic heterocycles. The van der Waals surface area contributed by atoms with Gasteiger partial charge in [0, 0.05) is 88.0 Å². The number of hydrogen-bond acceptors (Lipinski definition) is 5. The van der Waals surface area contributed by atoms with Crippen molar-refractivity contribution in [3.8, 4) is 67.9 Å². The molecule has 0 spiro atoms. The molecule has 5 heterocycles. The molecule has 6 heteroatoms. The van der Waals surface area contributed by atoms with Crippen molar-refractivity contribution in [2.45, 2.75) is 67.6 Å². The number of hydrogen-bond donors (Lipinski definition) is 0. The predicted octanol–water partition coefficient (Wildman–Crippen LogP) is 16.7. The number of rotatable bonds is 4. The minimum Gasteiger partial charge on any atom is -0.457 e. The fraction of sp³-hybridized carbons (Fsp3) is 0.130. The Hall–Kier alpha value is -8.19. The smallest absolute Gasteiger partial charge is 0.249 e. The molecule has 0 bridgehead atoms. The topological polar surface area (TPSA) is 30.9 Å². The monoisotopic (exact) mass is 985 g/mol. The minimum atomic E-state index is -0.347. The summed E-state index contributed by atoms with van der Waals surface area (Å²) in [6.45, 7) is 13.9. The molecule has 10 aromatic carbocycles. The Bertz CT molecular complexity index is 4010. The molecule has 0 fully saturated rings. The van der Waals surface area contributed by atoms with E-state index in [-0.39, 0.29) is 23.0 Å². The maximum absolute atomic E-state index is 7.12. The van der Waals surface area contributed by atoms with Gasteiger partial charge in [-0.2, -0.15) is 0 Å². The van der Waals surface area contributed by atoms with Gasteiger partial charge >= 0.3 is 0 Å². The largest absolute Gasteiger partial charge is 0.457 e. The van der Waals surface area contributed by atoms with Gasteiger partial charge in [-0.3, -0.25) is 0 Å². The lowest BCUT2D eigenvalue weighted by molar-refractivity contribution is 0.417. The van der Waals surface area contributed by atoms with Gasteiger partial charge < -0.3 is 19.1 Å². The van der Waals surface area contributed by atoms with Crippen molar-refractivity contribution >= 4 is 51.9 Å². The average molecular weight is 986 g/mol. The number of benzene rings is 10. The van der Waals surface area contributed by atoms with E-state index in [4.69, 9.17) is 14.2 Å². The summed E-state index contributed by atoms with van der Waals surface area (Å²) in [5.74, 6) is 5.42. The molecule has 0 saturated heterocycles. The van der Waals surface area contributed by atoms with E-state index >= 15 is 0 Å². The second-order valence-electron chi connectivity index (χ2n) is 22.4. The first-order chi connectivity index (χ1) is 36.4. The highest BCUT2D eigenvalue weighted by Gasteiger charge is 2.47. The van der Waals surface area contributed by atoms with E-state index in [1.54, 1.807) is 0 Å². The van der Waals surface area contributed by atoms with Crippen LogP contribution in [0.1, 0.15) is 74.9 Å². The van der Waals surface area contributed by atoms with Crippen molar-refractivity contribution in [2.24, 2.45) is 0 Å². The van der Waals surface area contributed by atoms with Gasteiger partial charge in [0.25, 0.3) is 0 Å². The summed E-state index contributed by atoms with van der Waals surface area (Å²) in [5.41, 5.74) is 20.2. The SMILES string of the molecule is CC1(C)c2ccccc2Oc2ccc(-c3cc4c5c(c3)N(c3c(-c6ccccc6)cccc3-c3ccccc3)c3cc6c(cc3B5c3cc5c(cc3S4)Oc3ccccc3C5(C)C)C(C)(C)c3ccccc3O6)cc21. The van der Waals surface area contributed by atoms with Crippen LogP contribution in [0.15, 0.2) is 216 Å². The van der Waals surface area contributed by atoms with E-state index in [1.165, 1.54) is 59.6 Å². The first-order valence-corrected chi connectivity index (χ1v) is 27.0. The highest BCUT2D eigenvalue weighted by molar-refractivity contribution is 8.00. The first kappa shape index (κ1) is 44.3. The zero-order chi connectivity index (χ0) is 50.5. The fourth-order valence-corrected chi connectivity index (χ4v) is 14.3. The van der Waals surface area contributed by atoms with Crippen LogP contribution < -0.4 is 35.5 Å². The molecule has 0 atom stereocenters. The van der Waals surface area contributed by atoms with Gasteiger partial charge in [-0.1, -0.05) is 210 Å².